The summed E-state index contributed by atoms with van der Waals surface area (Å²) in [6, 6.07) is 11.5. The van der Waals surface area contributed by atoms with Crippen molar-refractivity contribution >= 4 is 46.5 Å². The minimum atomic E-state index is -0.504. The first kappa shape index (κ1) is 26.7. The van der Waals surface area contributed by atoms with Crippen LogP contribution in [0.2, 0.25) is 10.3 Å². The van der Waals surface area contributed by atoms with E-state index in [2.05, 4.69) is 27.5 Å². The molecule has 1 N–H and O–H groups in total. The topological polar surface area (TPSA) is 58.5 Å². The van der Waals surface area contributed by atoms with Crippen molar-refractivity contribution in [3.8, 4) is 5.75 Å². The van der Waals surface area contributed by atoms with Crippen LogP contribution in [0.15, 0.2) is 55.3 Å². The van der Waals surface area contributed by atoms with E-state index in [9.17, 15) is 5.11 Å². The van der Waals surface area contributed by atoms with E-state index in [-0.39, 0.29) is 18.4 Å². The van der Waals surface area contributed by atoms with Crippen molar-refractivity contribution in [3.05, 3.63) is 76.7 Å². The van der Waals surface area contributed by atoms with Crippen LogP contribution >= 0.6 is 35.6 Å². The number of pyridine rings is 2. The Labute approximate surface area is 217 Å². The van der Waals surface area contributed by atoms with Crippen LogP contribution in [-0.4, -0.2) is 46.2 Å². The molecular weight excluding hydrogens is 493 g/mol. The number of piperidine rings is 3. The van der Waals surface area contributed by atoms with Gasteiger partial charge in [-0.1, -0.05) is 29.3 Å². The van der Waals surface area contributed by atoms with Crippen molar-refractivity contribution in [2.45, 2.75) is 31.9 Å². The summed E-state index contributed by atoms with van der Waals surface area (Å²) < 4.78 is 5.35. The number of hydrogen-bond acceptors (Lipinski definition) is 5. The monoisotopic (exact) mass is 521 g/mol. The van der Waals surface area contributed by atoms with Crippen LogP contribution in [0, 0.1) is 18.8 Å². The van der Waals surface area contributed by atoms with Gasteiger partial charge in [0.15, 0.2) is 0 Å². The molecule has 2 aromatic heterocycles. The number of hydrogen-bond donors (Lipinski definition) is 1. The molecule has 3 aliphatic rings. The highest BCUT2D eigenvalue weighted by Crippen LogP contribution is 2.42. The van der Waals surface area contributed by atoms with Crippen molar-refractivity contribution in [1.82, 2.24) is 14.9 Å². The van der Waals surface area contributed by atoms with E-state index < -0.39 is 6.10 Å². The minimum Gasteiger partial charge on any atom is -0.497 e. The van der Waals surface area contributed by atoms with Crippen molar-refractivity contribution in [1.29, 1.82) is 0 Å². The van der Waals surface area contributed by atoms with Gasteiger partial charge in [0, 0.05) is 24.2 Å². The number of benzene rings is 1. The Morgan fingerprint density at radius 3 is 2.53 bits per heavy atom. The van der Waals surface area contributed by atoms with E-state index in [1.165, 1.54) is 6.42 Å². The molecule has 5 nitrogen and oxygen atoms in total. The second-order valence-electron chi connectivity index (χ2n) is 8.76. The second-order valence-corrected chi connectivity index (χ2v) is 9.54. The molecule has 34 heavy (non-hydrogen) atoms. The van der Waals surface area contributed by atoms with Crippen LogP contribution in [-0.2, 0) is 0 Å². The van der Waals surface area contributed by atoms with Crippen molar-refractivity contribution in [2.75, 3.05) is 20.2 Å². The summed E-state index contributed by atoms with van der Waals surface area (Å²) in [5.41, 5.74) is 2.87. The third-order valence-corrected chi connectivity index (χ3v) is 7.11. The Bertz CT molecular complexity index is 1090. The van der Waals surface area contributed by atoms with Gasteiger partial charge in [-0.2, -0.15) is 0 Å². The Morgan fingerprint density at radius 2 is 1.94 bits per heavy atom. The SMILES string of the molecule is C=C[C@H]1CN2CC[C@H]1C[C@H]2[C@H](O)c1ccnc2ccc(OC)cc12.Cc1cc(Cl)nc(Cl)c1.Cl. The maximum atomic E-state index is 11.2. The van der Waals surface area contributed by atoms with Gasteiger partial charge in [0.2, 0.25) is 0 Å². The molecule has 8 heteroatoms. The first-order valence-corrected chi connectivity index (χ1v) is 11.9. The molecule has 1 unspecified atom stereocenters. The fourth-order valence-corrected chi connectivity index (χ4v) is 5.60. The van der Waals surface area contributed by atoms with E-state index in [0.29, 0.717) is 22.1 Å². The Hall–Kier alpha value is -1.89. The molecule has 6 rings (SSSR count). The van der Waals surface area contributed by atoms with Crippen molar-refractivity contribution in [2.24, 2.45) is 11.8 Å². The van der Waals surface area contributed by atoms with E-state index in [1.54, 1.807) is 25.4 Å². The van der Waals surface area contributed by atoms with Crippen LogP contribution in [0.4, 0.5) is 0 Å². The molecule has 3 aromatic rings. The number of ether oxygens (including phenoxy) is 1. The van der Waals surface area contributed by atoms with Gasteiger partial charge in [-0.25, -0.2) is 4.98 Å². The Morgan fingerprint density at radius 1 is 1.21 bits per heavy atom. The number of aromatic nitrogens is 2. The van der Waals surface area contributed by atoms with E-state index in [4.69, 9.17) is 27.9 Å². The lowest BCUT2D eigenvalue weighted by atomic mass is 9.73. The highest BCUT2D eigenvalue weighted by molar-refractivity contribution is 6.32. The molecule has 0 spiro atoms. The Balaban J connectivity index is 0.000000275. The Kier molecular flexibility index (Phi) is 9.19. The molecule has 3 fully saturated rings. The van der Waals surface area contributed by atoms with Crippen LogP contribution < -0.4 is 4.74 Å². The number of aryl methyl sites for hydroxylation is 1. The van der Waals surface area contributed by atoms with E-state index in [1.807, 2.05) is 31.2 Å². The third-order valence-electron chi connectivity index (χ3n) is 6.73. The number of nitrogens with zero attached hydrogens (tertiary/aromatic N) is 3. The fraction of sp³-hybridized carbons (Fsp3) is 0.385. The number of methoxy groups -OCH3 is 1. The maximum Gasteiger partial charge on any atom is 0.131 e. The van der Waals surface area contributed by atoms with Crippen LogP contribution in [0.5, 0.6) is 5.75 Å². The summed E-state index contributed by atoms with van der Waals surface area (Å²) in [7, 11) is 1.66. The normalized spacial score (nSPS) is 23.9. The second kappa shape index (κ2) is 11.7. The van der Waals surface area contributed by atoms with Gasteiger partial charge < -0.3 is 9.84 Å². The quantitative estimate of drug-likeness (QED) is 0.322. The number of rotatable bonds is 4. The molecule has 2 bridgehead atoms. The van der Waals surface area contributed by atoms with Gasteiger partial charge in [-0.3, -0.25) is 9.88 Å². The highest BCUT2D eigenvalue weighted by atomic mass is 35.5. The molecule has 5 heterocycles. The van der Waals surface area contributed by atoms with E-state index >= 15 is 0 Å². The summed E-state index contributed by atoms with van der Waals surface area (Å²) in [6.45, 7) is 7.98. The standard InChI is InChI=1S/C20H24N2O2.C6H5Cl2N.ClH/c1-3-13-12-22-9-7-14(13)10-19(22)20(23)16-6-8-21-18-5-4-15(24-2)11-17(16)18;1-4-2-5(7)9-6(8)3-4;/h3-6,8,11,13-14,19-20,23H,1,7,9-10,12H2,2H3;2-3H,1H3;1H/t13-,14-,19-,20+;;/m0../s1. The third kappa shape index (κ3) is 5.84. The van der Waals surface area contributed by atoms with Crippen LogP contribution in [0.3, 0.4) is 0 Å². The predicted octanol–water partition coefficient (Wildman–Crippen LogP) is 6.29. The molecule has 182 valence electrons. The highest BCUT2D eigenvalue weighted by Gasteiger charge is 2.42. The zero-order chi connectivity index (χ0) is 23.5. The van der Waals surface area contributed by atoms with Gasteiger partial charge in [-0.15, -0.1) is 19.0 Å². The molecular formula is C26H30Cl3N3O2. The molecule has 1 aromatic carbocycles. The van der Waals surface area contributed by atoms with Gasteiger partial charge >= 0.3 is 0 Å². The van der Waals surface area contributed by atoms with Crippen molar-refractivity contribution < 1.29 is 9.84 Å². The molecule has 3 aliphatic heterocycles. The lowest BCUT2D eigenvalue weighted by Gasteiger charge is -2.50. The van der Waals surface area contributed by atoms with Gasteiger partial charge in [0.1, 0.15) is 16.1 Å². The van der Waals surface area contributed by atoms with Gasteiger partial charge in [0.25, 0.3) is 0 Å². The summed E-state index contributed by atoms with van der Waals surface area (Å²) in [6.07, 6.45) is 5.62. The first-order valence-electron chi connectivity index (χ1n) is 11.2. The number of aliphatic hydroxyl groups excluding tert-OH is 1. The average molecular weight is 523 g/mol. The molecule has 0 amide bonds. The summed E-state index contributed by atoms with van der Waals surface area (Å²) in [5.74, 6) is 2.01. The molecule has 3 saturated heterocycles. The summed E-state index contributed by atoms with van der Waals surface area (Å²) in [5, 5.41) is 13.0. The smallest absolute Gasteiger partial charge is 0.131 e. The minimum absolute atomic E-state index is 0. The largest absolute Gasteiger partial charge is 0.497 e. The first-order chi connectivity index (χ1) is 15.9. The summed E-state index contributed by atoms with van der Waals surface area (Å²) in [4.78, 5) is 10.6. The maximum absolute atomic E-state index is 11.2. The van der Waals surface area contributed by atoms with Gasteiger partial charge in [-0.05, 0) is 85.7 Å². The van der Waals surface area contributed by atoms with Crippen molar-refractivity contribution in [3.63, 3.8) is 0 Å². The number of aliphatic hydroxyl groups is 1. The van der Waals surface area contributed by atoms with E-state index in [0.717, 1.165) is 47.3 Å². The molecule has 5 atom stereocenters. The number of fused-ring (bicyclic) bond motifs is 4. The summed E-state index contributed by atoms with van der Waals surface area (Å²) >= 11 is 11.1. The lowest BCUT2D eigenvalue weighted by Crippen LogP contribution is -2.54. The van der Waals surface area contributed by atoms with Crippen LogP contribution in [0.1, 0.15) is 30.1 Å². The molecule has 0 radical (unpaired) electrons. The lowest BCUT2D eigenvalue weighted by molar-refractivity contribution is -0.0444. The zero-order valence-electron chi connectivity index (χ0n) is 19.3. The average Bonchev–Trinajstić information content (AvgIpc) is 2.82. The van der Waals surface area contributed by atoms with Gasteiger partial charge in [0.05, 0.1) is 18.7 Å². The zero-order valence-corrected chi connectivity index (χ0v) is 21.7. The number of halogens is 3. The molecule has 0 saturated carbocycles. The molecule has 0 aliphatic carbocycles. The van der Waals surface area contributed by atoms with Crippen LogP contribution in [0.25, 0.3) is 10.9 Å². The predicted molar refractivity (Wildman–Crippen MR) is 141 cm³/mol. The fourth-order valence-electron chi connectivity index (χ4n) is 5.03.